The largest absolute Gasteiger partial charge is 0.444 e. The van der Waals surface area contributed by atoms with Crippen molar-refractivity contribution in [1.29, 1.82) is 0 Å². The molecule has 0 saturated carbocycles. The third-order valence-corrected chi connectivity index (χ3v) is 4.34. The lowest BCUT2D eigenvalue weighted by molar-refractivity contribution is 0.0257. The van der Waals surface area contributed by atoms with E-state index in [1.807, 2.05) is 98.5 Å². The maximum absolute atomic E-state index is 12.7. The standard InChI is InChI=1S/C25H29N3O2/c1-25(2,3)30-24(29)28(18-22-13-8-5-9-14-22)16-10-15-23-19-27(20-26-23)17-21-11-6-4-7-12-21/h4-15,19-20H,16-18H2,1-3H3/b15-10+. The third kappa shape index (κ3) is 6.92. The highest BCUT2D eigenvalue weighted by Crippen LogP contribution is 2.13. The zero-order chi connectivity index (χ0) is 21.4. The minimum Gasteiger partial charge on any atom is -0.444 e. The molecule has 0 fully saturated rings. The molecule has 0 aliphatic carbocycles. The Morgan fingerprint density at radius 1 is 1.03 bits per heavy atom. The molecule has 1 heterocycles. The quantitative estimate of drug-likeness (QED) is 0.532. The Hall–Kier alpha value is -3.34. The van der Waals surface area contributed by atoms with Crippen LogP contribution in [-0.4, -0.2) is 32.7 Å². The lowest BCUT2D eigenvalue weighted by atomic mass is 10.2. The predicted octanol–water partition coefficient (Wildman–Crippen LogP) is 5.38. The van der Waals surface area contributed by atoms with E-state index >= 15 is 0 Å². The molecule has 30 heavy (non-hydrogen) atoms. The molecule has 0 spiro atoms. The van der Waals surface area contributed by atoms with Gasteiger partial charge in [-0.05, 0) is 38.0 Å². The van der Waals surface area contributed by atoms with Crippen LogP contribution in [0.4, 0.5) is 4.79 Å². The third-order valence-electron chi connectivity index (χ3n) is 4.34. The fourth-order valence-electron chi connectivity index (χ4n) is 2.98. The van der Waals surface area contributed by atoms with Crippen LogP contribution in [-0.2, 0) is 17.8 Å². The lowest BCUT2D eigenvalue weighted by Crippen LogP contribution is -2.36. The molecule has 0 N–H and O–H groups in total. The van der Waals surface area contributed by atoms with Gasteiger partial charge in [0.25, 0.3) is 0 Å². The van der Waals surface area contributed by atoms with E-state index in [0.29, 0.717) is 13.1 Å². The van der Waals surface area contributed by atoms with Gasteiger partial charge in [-0.3, -0.25) is 0 Å². The predicted molar refractivity (Wildman–Crippen MR) is 120 cm³/mol. The monoisotopic (exact) mass is 403 g/mol. The number of hydrogen-bond donors (Lipinski definition) is 0. The van der Waals surface area contributed by atoms with Gasteiger partial charge in [-0.1, -0.05) is 66.7 Å². The van der Waals surface area contributed by atoms with E-state index in [1.165, 1.54) is 5.56 Å². The van der Waals surface area contributed by atoms with E-state index < -0.39 is 5.60 Å². The fraction of sp³-hybridized carbons (Fsp3) is 0.280. The van der Waals surface area contributed by atoms with Crippen molar-refractivity contribution in [3.63, 3.8) is 0 Å². The van der Waals surface area contributed by atoms with Crippen molar-refractivity contribution >= 4 is 12.2 Å². The zero-order valence-electron chi connectivity index (χ0n) is 17.9. The van der Waals surface area contributed by atoms with E-state index in [1.54, 1.807) is 4.90 Å². The van der Waals surface area contributed by atoms with Gasteiger partial charge in [0.2, 0.25) is 0 Å². The first-order valence-corrected chi connectivity index (χ1v) is 10.1. The van der Waals surface area contributed by atoms with Gasteiger partial charge >= 0.3 is 6.09 Å². The summed E-state index contributed by atoms with van der Waals surface area (Å²) in [4.78, 5) is 18.8. The maximum Gasteiger partial charge on any atom is 0.410 e. The minimum atomic E-state index is -0.536. The van der Waals surface area contributed by atoms with Gasteiger partial charge in [0.15, 0.2) is 0 Å². The average molecular weight is 404 g/mol. The molecule has 3 rings (SSSR count). The first-order valence-electron chi connectivity index (χ1n) is 10.1. The summed E-state index contributed by atoms with van der Waals surface area (Å²) in [6.45, 7) is 7.33. The van der Waals surface area contributed by atoms with Crippen LogP contribution in [0, 0.1) is 0 Å². The lowest BCUT2D eigenvalue weighted by Gasteiger charge is -2.26. The maximum atomic E-state index is 12.7. The van der Waals surface area contributed by atoms with E-state index in [-0.39, 0.29) is 6.09 Å². The molecule has 156 valence electrons. The average Bonchev–Trinajstić information content (AvgIpc) is 3.14. The summed E-state index contributed by atoms with van der Waals surface area (Å²) in [5.74, 6) is 0. The second-order valence-electron chi connectivity index (χ2n) is 8.21. The van der Waals surface area contributed by atoms with Crippen LogP contribution in [0.5, 0.6) is 0 Å². The SMILES string of the molecule is CC(C)(C)OC(=O)N(C/C=C/c1cn(Cc2ccccc2)cn1)Cc1ccccc1. The number of carbonyl (C=O) groups is 1. The minimum absolute atomic E-state index is 0.328. The summed E-state index contributed by atoms with van der Waals surface area (Å²) in [6, 6.07) is 20.2. The number of benzene rings is 2. The van der Waals surface area contributed by atoms with Crippen LogP contribution in [0.3, 0.4) is 0 Å². The molecule has 5 nitrogen and oxygen atoms in total. The molecule has 2 aromatic carbocycles. The van der Waals surface area contributed by atoms with Crippen molar-refractivity contribution in [2.75, 3.05) is 6.54 Å². The van der Waals surface area contributed by atoms with Crippen LogP contribution in [0.15, 0.2) is 79.3 Å². The van der Waals surface area contributed by atoms with Crippen LogP contribution in [0.1, 0.15) is 37.6 Å². The van der Waals surface area contributed by atoms with Gasteiger partial charge in [-0.25, -0.2) is 9.78 Å². The van der Waals surface area contributed by atoms with Crippen LogP contribution < -0.4 is 0 Å². The molecule has 0 aliphatic heterocycles. The smallest absolute Gasteiger partial charge is 0.410 e. The van der Waals surface area contributed by atoms with Gasteiger partial charge in [-0.2, -0.15) is 0 Å². The number of nitrogens with zero attached hydrogens (tertiary/aromatic N) is 3. The van der Waals surface area contributed by atoms with Gasteiger partial charge in [0.1, 0.15) is 5.60 Å². The van der Waals surface area contributed by atoms with Gasteiger partial charge in [-0.15, -0.1) is 0 Å². The Labute approximate surface area is 178 Å². The highest BCUT2D eigenvalue weighted by atomic mass is 16.6. The number of amides is 1. The number of imidazole rings is 1. The van der Waals surface area contributed by atoms with Crippen molar-refractivity contribution in [3.05, 3.63) is 96.1 Å². The topological polar surface area (TPSA) is 47.4 Å². The second kappa shape index (κ2) is 9.92. The molecule has 5 heteroatoms. The molecule has 3 aromatic rings. The summed E-state index contributed by atoms with van der Waals surface area (Å²) in [6.07, 6.45) is 7.37. The zero-order valence-corrected chi connectivity index (χ0v) is 17.9. The Balaban J connectivity index is 1.64. The molecule has 0 unspecified atom stereocenters. The molecule has 0 bridgehead atoms. The van der Waals surface area contributed by atoms with Gasteiger partial charge < -0.3 is 14.2 Å². The summed E-state index contributed by atoms with van der Waals surface area (Å²) < 4.78 is 7.62. The Bertz CT molecular complexity index is 957. The highest BCUT2D eigenvalue weighted by molar-refractivity contribution is 5.68. The fourth-order valence-corrected chi connectivity index (χ4v) is 2.98. The van der Waals surface area contributed by atoms with Crippen LogP contribution >= 0.6 is 0 Å². The Morgan fingerprint density at radius 3 is 2.30 bits per heavy atom. The van der Waals surface area contributed by atoms with Crippen LogP contribution in [0.2, 0.25) is 0 Å². The number of hydrogen-bond acceptors (Lipinski definition) is 3. The molecule has 0 atom stereocenters. The van der Waals surface area contributed by atoms with E-state index in [0.717, 1.165) is 17.8 Å². The number of aromatic nitrogens is 2. The first-order chi connectivity index (χ1) is 14.4. The molecule has 0 saturated heterocycles. The van der Waals surface area contributed by atoms with Crippen molar-refractivity contribution < 1.29 is 9.53 Å². The van der Waals surface area contributed by atoms with E-state index in [4.69, 9.17) is 4.74 Å². The molecular formula is C25H29N3O2. The number of ether oxygens (including phenoxy) is 1. The Morgan fingerprint density at radius 2 is 1.67 bits per heavy atom. The molecule has 1 aromatic heterocycles. The van der Waals surface area contributed by atoms with Crippen molar-refractivity contribution in [2.45, 2.75) is 39.5 Å². The number of carbonyl (C=O) groups excluding carboxylic acids is 1. The normalized spacial score (nSPS) is 11.6. The van der Waals surface area contributed by atoms with Crippen LogP contribution in [0.25, 0.3) is 6.08 Å². The molecule has 0 aliphatic rings. The second-order valence-corrected chi connectivity index (χ2v) is 8.21. The van der Waals surface area contributed by atoms with Gasteiger partial charge in [0, 0.05) is 25.8 Å². The molecule has 0 radical (unpaired) electrons. The summed E-state index contributed by atoms with van der Waals surface area (Å²) in [5.41, 5.74) is 2.61. The summed E-state index contributed by atoms with van der Waals surface area (Å²) >= 11 is 0. The van der Waals surface area contributed by atoms with Crippen molar-refractivity contribution in [1.82, 2.24) is 14.5 Å². The molecular weight excluding hydrogens is 374 g/mol. The van der Waals surface area contributed by atoms with Crippen molar-refractivity contribution in [2.24, 2.45) is 0 Å². The van der Waals surface area contributed by atoms with E-state index in [2.05, 4.69) is 17.1 Å². The Kier molecular flexibility index (Phi) is 7.07. The first kappa shape index (κ1) is 21.4. The number of rotatable bonds is 7. The summed E-state index contributed by atoms with van der Waals surface area (Å²) in [7, 11) is 0. The highest BCUT2D eigenvalue weighted by Gasteiger charge is 2.21. The van der Waals surface area contributed by atoms with Gasteiger partial charge in [0.05, 0.1) is 12.0 Å². The summed E-state index contributed by atoms with van der Waals surface area (Å²) in [5, 5.41) is 0. The molecule has 1 amide bonds. The van der Waals surface area contributed by atoms with E-state index in [9.17, 15) is 4.79 Å². The van der Waals surface area contributed by atoms with Crippen molar-refractivity contribution in [3.8, 4) is 0 Å².